The summed E-state index contributed by atoms with van der Waals surface area (Å²) in [5.74, 6) is 0. The van der Waals surface area contributed by atoms with Crippen LogP contribution in [0.25, 0.3) is 0 Å². The molecule has 2 aromatic carbocycles. The number of rotatable bonds is 5. The van der Waals surface area contributed by atoms with Crippen molar-refractivity contribution in [2.75, 3.05) is 0 Å². The first-order valence-electron chi connectivity index (χ1n) is 7.48. The molecule has 0 aliphatic rings. The standard InChI is InChI=1S/C19H24O2S/c1-18(2,20)19(3,4)22(21)17(15-11-7-5-8-12-15)16-13-9-6-10-14-16/h5-14,17,20H,1-4H3/t22-/m1/s1. The topological polar surface area (TPSA) is 37.3 Å². The summed E-state index contributed by atoms with van der Waals surface area (Å²) in [6.45, 7) is 7.17. The second-order valence-corrected chi connectivity index (χ2v) is 8.65. The average Bonchev–Trinajstić information content (AvgIpc) is 2.48. The quantitative estimate of drug-likeness (QED) is 0.902. The molecule has 1 N–H and O–H groups in total. The normalized spacial score (nSPS) is 14.1. The molecule has 0 aliphatic heterocycles. The average molecular weight is 316 g/mol. The van der Waals surface area contributed by atoms with Crippen LogP contribution >= 0.6 is 0 Å². The Bertz CT molecular complexity index is 588. The fraction of sp³-hybridized carbons (Fsp3) is 0.368. The summed E-state index contributed by atoms with van der Waals surface area (Å²) in [4.78, 5) is 0. The van der Waals surface area contributed by atoms with E-state index in [1.54, 1.807) is 13.8 Å². The molecule has 22 heavy (non-hydrogen) atoms. The Hall–Kier alpha value is -1.45. The van der Waals surface area contributed by atoms with Gasteiger partial charge in [0.25, 0.3) is 0 Å². The van der Waals surface area contributed by atoms with Gasteiger partial charge in [-0.25, -0.2) is 0 Å². The lowest BCUT2D eigenvalue weighted by molar-refractivity contribution is 0.0471. The third kappa shape index (κ3) is 3.31. The predicted molar refractivity (Wildman–Crippen MR) is 93.2 cm³/mol. The number of hydrogen-bond acceptors (Lipinski definition) is 2. The minimum absolute atomic E-state index is 0.260. The summed E-state index contributed by atoms with van der Waals surface area (Å²) in [6.07, 6.45) is 0. The monoisotopic (exact) mass is 316 g/mol. The van der Waals surface area contributed by atoms with Gasteiger partial charge in [-0.15, -0.1) is 0 Å². The summed E-state index contributed by atoms with van der Waals surface area (Å²) in [5.41, 5.74) is 0.966. The summed E-state index contributed by atoms with van der Waals surface area (Å²) in [7, 11) is -1.29. The molecule has 0 heterocycles. The van der Waals surface area contributed by atoms with Gasteiger partial charge in [0.2, 0.25) is 0 Å². The van der Waals surface area contributed by atoms with Crippen LogP contribution in [0.2, 0.25) is 0 Å². The summed E-state index contributed by atoms with van der Waals surface area (Å²) < 4.78 is 12.6. The summed E-state index contributed by atoms with van der Waals surface area (Å²) in [5, 5.41) is 10.2. The molecule has 0 bridgehead atoms. The Balaban J connectivity index is 2.54. The summed E-state index contributed by atoms with van der Waals surface area (Å²) >= 11 is 0. The van der Waals surface area contributed by atoms with Gasteiger partial charge in [0.15, 0.2) is 0 Å². The second kappa shape index (κ2) is 6.35. The molecule has 0 radical (unpaired) electrons. The molecule has 118 valence electrons. The van der Waals surface area contributed by atoms with Gasteiger partial charge in [-0.2, -0.15) is 0 Å². The van der Waals surface area contributed by atoms with E-state index in [2.05, 4.69) is 0 Å². The van der Waals surface area contributed by atoms with Crippen LogP contribution in [0.4, 0.5) is 0 Å². The van der Waals surface area contributed by atoms with Gasteiger partial charge < -0.3 is 5.11 Å². The van der Waals surface area contributed by atoms with Gasteiger partial charge in [-0.05, 0) is 38.8 Å². The molecule has 0 fully saturated rings. The largest absolute Gasteiger partial charge is 0.389 e. The molecule has 2 aromatic rings. The van der Waals surface area contributed by atoms with E-state index in [4.69, 9.17) is 0 Å². The van der Waals surface area contributed by atoms with Gasteiger partial charge in [0, 0.05) is 10.8 Å². The van der Waals surface area contributed by atoms with Gasteiger partial charge in [0.05, 0.1) is 15.6 Å². The van der Waals surface area contributed by atoms with E-state index >= 15 is 0 Å². The molecular weight excluding hydrogens is 292 g/mol. The van der Waals surface area contributed by atoms with Crippen molar-refractivity contribution < 1.29 is 9.32 Å². The molecule has 1 atom stereocenters. The molecule has 0 unspecified atom stereocenters. The zero-order valence-corrected chi connectivity index (χ0v) is 14.4. The molecule has 0 aromatic heterocycles. The van der Waals surface area contributed by atoms with Gasteiger partial charge in [0.1, 0.15) is 0 Å². The SMILES string of the molecule is CC(C)(O)C(C)(C)[S@](=O)C(c1ccccc1)c1ccccc1. The maximum Gasteiger partial charge on any atom is 0.0853 e. The van der Waals surface area contributed by atoms with E-state index in [1.807, 2.05) is 74.5 Å². The van der Waals surface area contributed by atoms with Crippen LogP contribution in [-0.2, 0) is 10.8 Å². The molecular formula is C19H24O2S. The fourth-order valence-electron chi connectivity index (χ4n) is 2.24. The molecule has 0 saturated heterocycles. The van der Waals surface area contributed by atoms with Crippen molar-refractivity contribution in [2.45, 2.75) is 43.3 Å². The number of aliphatic hydroxyl groups is 1. The van der Waals surface area contributed by atoms with Crippen molar-refractivity contribution in [3.8, 4) is 0 Å². The predicted octanol–water partition coefficient (Wildman–Crippen LogP) is 4.07. The van der Waals surface area contributed by atoms with E-state index in [0.29, 0.717) is 0 Å². The fourth-order valence-corrected chi connectivity index (χ4v) is 4.13. The van der Waals surface area contributed by atoms with E-state index < -0.39 is 21.1 Å². The highest BCUT2D eigenvalue weighted by Gasteiger charge is 2.44. The van der Waals surface area contributed by atoms with Crippen molar-refractivity contribution in [2.24, 2.45) is 0 Å². The molecule has 0 amide bonds. The maximum absolute atomic E-state index is 13.4. The van der Waals surface area contributed by atoms with Crippen LogP contribution in [0.1, 0.15) is 44.1 Å². The lowest BCUT2D eigenvalue weighted by Gasteiger charge is -2.39. The van der Waals surface area contributed by atoms with Crippen molar-refractivity contribution in [1.82, 2.24) is 0 Å². The van der Waals surface area contributed by atoms with Crippen molar-refractivity contribution in [3.05, 3.63) is 71.8 Å². The van der Waals surface area contributed by atoms with E-state index in [0.717, 1.165) is 11.1 Å². The number of benzene rings is 2. The van der Waals surface area contributed by atoms with E-state index in [9.17, 15) is 9.32 Å². The zero-order chi connectivity index (χ0) is 16.4. The van der Waals surface area contributed by atoms with Gasteiger partial charge in [-0.1, -0.05) is 60.7 Å². The van der Waals surface area contributed by atoms with Crippen molar-refractivity contribution in [1.29, 1.82) is 0 Å². The Morgan fingerprint density at radius 3 is 1.50 bits per heavy atom. The first-order chi connectivity index (χ1) is 10.2. The van der Waals surface area contributed by atoms with Crippen LogP contribution in [0.5, 0.6) is 0 Å². The molecule has 2 nitrogen and oxygen atoms in total. The maximum atomic E-state index is 13.4. The Morgan fingerprint density at radius 2 is 1.18 bits per heavy atom. The van der Waals surface area contributed by atoms with E-state index in [-0.39, 0.29) is 5.25 Å². The van der Waals surface area contributed by atoms with Crippen molar-refractivity contribution in [3.63, 3.8) is 0 Å². The zero-order valence-electron chi connectivity index (χ0n) is 13.6. The smallest absolute Gasteiger partial charge is 0.0853 e. The van der Waals surface area contributed by atoms with Crippen LogP contribution in [0.3, 0.4) is 0 Å². The minimum atomic E-state index is -1.29. The first-order valence-corrected chi connectivity index (χ1v) is 8.69. The lowest BCUT2D eigenvalue weighted by atomic mass is 9.94. The molecule has 3 heteroatoms. The lowest BCUT2D eigenvalue weighted by Crippen LogP contribution is -2.49. The Kier molecular flexibility index (Phi) is 4.88. The highest BCUT2D eigenvalue weighted by Crippen LogP contribution is 2.38. The third-order valence-electron chi connectivity index (χ3n) is 4.40. The van der Waals surface area contributed by atoms with E-state index in [1.165, 1.54) is 0 Å². The molecule has 2 rings (SSSR count). The van der Waals surface area contributed by atoms with Gasteiger partial charge in [-0.3, -0.25) is 4.21 Å². The number of hydrogen-bond donors (Lipinski definition) is 1. The van der Waals surface area contributed by atoms with Crippen molar-refractivity contribution >= 4 is 10.8 Å². The summed E-state index contributed by atoms with van der Waals surface area (Å²) in [6, 6.07) is 19.7. The van der Waals surface area contributed by atoms with Crippen LogP contribution in [-0.4, -0.2) is 19.7 Å². The highest BCUT2D eigenvalue weighted by atomic mass is 32.2. The molecule has 0 aliphatic carbocycles. The van der Waals surface area contributed by atoms with Crippen LogP contribution < -0.4 is 0 Å². The van der Waals surface area contributed by atoms with Crippen LogP contribution in [0, 0.1) is 0 Å². The molecule has 0 spiro atoms. The van der Waals surface area contributed by atoms with Gasteiger partial charge >= 0.3 is 0 Å². The second-order valence-electron chi connectivity index (χ2n) is 6.57. The highest BCUT2D eigenvalue weighted by molar-refractivity contribution is 7.87. The first kappa shape index (κ1) is 16.9. The Labute approximate surface area is 135 Å². The Morgan fingerprint density at radius 1 is 0.818 bits per heavy atom. The third-order valence-corrected chi connectivity index (χ3v) is 6.87. The van der Waals surface area contributed by atoms with Crippen LogP contribution in [0.15, 0.2) is 60.7 Å². The molecule has 0 saturated carbocycles. The minimum Gasteiger partial charge on any atom is -0.389 e.